The summed E-state index contributed by atoms with van der Waals surface area (Å²) in [5.41, 5.74) is 5.13. The molecule has 0 radical (unpaired) electrons. The van der Waals surface area contributed by atoms with Gasteiger partial charge in [-0.2, -0.15) is 4.98 Å². The van der Waals surface area contributed by atoms with Crippen molar-refractivity contribution in [1.29, 1.82) is 0 Å². The van der Waals surface area contributed by atoms with Crippen LogP contribution in [0.4, 0.5) is 23.4 Å². The number of anilines is 4. The van der Waals surface area contributed by atoms with Crippen LogP contribution >= 0.6 is 24.0 Å². The number of halogens is 2. The highest BCUT2D eigenvalue weighted by Crippen LogP contribution is 2.23. The molecule has 13 heteroatoms. The lowest BCUT2D eigenvalue weighted by Gasteiger charge is -2.10. The van der Waals surface area contributed by atoms with Gasteiger partial charge in [0.05, 0.1) is 15.9 Å². The van der Waals surface area contributed by atoms with E-state index in [2.05, 4.69) is 25.9 Å². The minimum atomic E-state index is -3.84. The van der Waals surface area contributed by atoms with Crippen LogP contribution in [0.1, 0.15) is 16.7 Å². The summed E-state index contributed by atoms with van der Waals surface area (Å²) in [6.45, 7) is 2.85. The number of hydrogen-bond donors (Lipinski definition) is 4. The van der Waals surface area contributed by atoms with Gasteiger partial charge in [0.1, 0.15) is 5.82 Å². The number of primary sulfonamides is 1. The SMILES string of the molecule is Cc1ccc(Nc2nccc(NCc3ccc4c(c3)nc(NCc3ccc(Cl)cc3)n4C)n2)cc1S(N)(=O)=O.Cl. The number of hydrogen-bond acceptors (Lipinski definition) is 8. The Labute approximate surface area is 243 Å². The maximum atomic E-state index is 11.8. The largest absolute Gasteiger partial charge is 0.366 e. The number of aromatic nitrogens is 4. The molecule has 0 aliphatic heterocycles. The highest BCUT2D eigenvalue weighted by atomic mass is 35.5. The van der Waals surface area contributed by atoms with Gasteiger partial charge in [-0.15, -0.1) is 12.4 Å². The molecule has 10 nitrogen and oxygen atoms in total. The number of imidazole rings is 1. The van der Waals surface area contributed by atoms with E-state index in [0.29, 0.717) is 41.1 Å². The first-order chi connectivity index (χ1) is 18.7. The third-order valence-corrected chi connectivity index (χ3v) is 7.49. The molecule has 0 amide bonds. The minimum absolute atomic E-state index is 0. The van der Waals surface area contributed by atoms with E-state index in [4.69, 9.17) is 21.7 Å². The van der Waals surface area contributed by atoms with Crippen LogP contribution in [0.2, 0.25) is 5.02 Å². The Balaban J connectivity index is 0.00000370. The van der Waals surface area contributed by atoms with E-state index in [0.717, 1.165) is 28.1 Å². The molecular weight excluding hydrogens is 571 g/mol. The van der Waals surface area contributed by atoms with Gasteiger partial charge in [-0.1, -0.05) is 35.9 Å². The van der Waals surface area contributed by atoms with Crippen LogP contribution in [-0.4, -0.2) is 27.9 Å². The molecule has 40 heavy (non-hydrogen) atoms. The van der Waals surface area contributed by atoms with Crippen molar-refractivity contribution < 1.29 is 8.42 Å². The zero-order chi connectivity index (χ0) is 27.6. The third kappa shape index (κ3) is 6.80. The number of fused-ring (bicyclic) bond motifs is 1. The first kappa shape index (κ1) is 29.1. The fourth-order valence-corrected chi connectivity index (χ4v) is 5.05. The Hall–Kier alpha value is -3.90. The van der Waals surface area contributed by atoms with Crippen molar-refractivity contribution in [3.63, 3.8) is 0 Å². The molecule has 3 aromatic carbocycles. The Morgan fingerprint density at radius 3 is 2.40 bits per heavy atom. The summed E-state index contributed by atoms with van der Waals surface area (Å²) in [5, 5.41) is 15.7. The van der Waals surface area contributed by atoms with Crippen molar-refractivity contribution in [3.05, 3.63) is 94.6 Å². The van der Waals surface area contributed by atoms with Gasteiger partial charge in [0, 0.05) is 37.0 Å². The molecule has 5 N–H and O–H groups in total. The average molecular weight is 600 g/mol. The van der Waals surface area contributed by atoms with Crippen LogP contribution in [0.25, 0.3) is 11.0 Å². The van der Waals surface area contributed by atoms with Crippen molar-refractivity contribution in [2.75, 3.05) is 16.0 Å². The molecular formula is C27H28Cl2N8O2S. The second kappa shape index (κ2) is 12.1. The Morgan fingerprint density at radius 2 is 1.65 bits per heavy atom. The molecule has 5 rings (SSSR count). The van der Waals surface area contributed by atoms with Crippen molar-refractivity contribution in [2.24, 2.45) is 12.2 Å². The standard InChI is InChI=1S/C27H27ClN8O2S.ClH/c1-17-3-9-21(14-24(17)39(29,37)38)33-26-30-12-11-25(35-26)31-16-19-6-10-23-22(13-19)34-27(36(23)2)32-15-18-4-7-20(28)8-5-18;/h3-14H,15-16H2,1-2H3,(H,32,34)(H2,29,37,38)(H2,30,31,33,35);1H. The van der Waals surface area contributed by atoms with Gasteiger partial charge in [0.25, 0.3) is 0 Å². The van der Waals surface area contributed by atoms with Gasteiger partial charge in [0.15, 0.2) is 0 Å². The Kier molecular flexibility index (Phi) is 8.79. The molecule has 2 aromatic heterocycles. The predicted octanol–water partition coefficient (Wildman–Crippen LogP) is 5.36. The average Bonchev–Trinajstić information content (AvgIpc) is 3.22. The second-order valence-corrected chi connectivity index (χ2v) is 11.0. The quantitative estimate of drug-likeness (QED) is 0.178. The normalized spacial score (nSPS) is 11.2. The molecule has 0 fully saturated rings. The molecule has 5 aromatic rings. The maximum absolute atomic E-state index is 11.8. The zero-order valence-electron chi connectivity index (χ0n) is 21.7. The number of nitrogens with one attached hydrogen (secondary N) is 3. The van der Waals surface area contributed by atoms with Gasteiger partial charge in [0.2, 0.25) is 21.9 Å². The number of nitrogens with zero attached hydrogens (tertiary/aromatic N) is 4. The van der Waals surface area contributed by atoms with Gasteiger partial charge in [-0.3, -0.25) is 0 Å². The smallest absolute Gasteiger partial charge is 0.238 e. The number of benzene rings is 3. The summed E-state index contributed by atoms with van der Waals surface area (Å²) in [5.74, 6) is 1.71. The fraction of sp³-hybridized carbons (Fsp3) is 0.148. The molecule has 0 aliphatic carbocycles. The van der Waals surface area contributed by atoms with Crippen LogP contribution in [-0.2, 0) is 30.2 Å². The van der Waals surface area contributed by atoms with Crippen LogP contribution in [0.5, 0.6) is 0 Å². The second-order valence-electron chi connectivity index (χ2n) is 9.07. The molecule has 0 bridgehead atoms. The van der Waals surface area contributed by atoms with Crippen molar-refractivity contribution in [3.8, 4) is 0 Å². The van der Waals surface area contributed by atoms with E-state index < -0.39 is 10.0 Å². The van der Waals surface area contributed by atoms with Crippen molar-refractivity contribution in [2.45, 2.75) is 24.9 Å². The summed E-state index contributed by atoms with van der Waals surface area (Å²) in [6, 6.07) is 20.5. The van der Waals surface area contributed by atoms with Crippen LogP contribution in [0.3, 0.4) is 0 Å². The summed E-state index contributed by atoms with van der Waals surface area (Å²) in [4.78, 5) is 13.5. The minimum Gasteiger partial charge on any atom is -0.366 e. The molecule has 2 heterocycles. The maximum Gasteiger partial charge on any atom is 0.238 e. The molecule has 0 aliphatic rings. The predicted molar refractivity (Wildman–Crippen MR) is 162 cm³/mol. The summed E-state index contributed by atoms with van der Waals surface area (Å²) >= 11 is 5.98. The Bertz CT molecular complexity index is 1760. The van der Waals surface area contributed by atoms with Crippen LogP contribution in [0.15, 0.2) is 77.8 Å². The molecule has 0 unspecified atom stereocenters. The highest BCUT2D eigenvalue weighted by Gasteiger charge is 2.13. The lowest BCUT2D eigenvalue weighted by molar-refractivity contribution is 0.597. The number of sulfonamides is 1. The van der Waals surface area contributed by atoms with Crippen LogP contribution < -0.4 is 21.1 Å². The first-order valence-corrected chi connectivity index (χ1v) is 14.0. The van der Waals surface area contributed by atoms with E-state index in [1.807, 2.05) is 54.1 Å². The topological polar surface area (TPSA) is 140 Å². The highest BCUT2D eigenvalue weighted by molar-refractivity contribution is 7.89. The molecule has 208 valence electrons. The van der Waals surface area contributed by atoms with E-state index in [1.54, 1.807) is 31.3 Å². The molecule has 0 spiro atoms. The number of aryl methyl sites for hydroxylation is 2. The Morgan fingerprint density at radius 1 is 0.925 bits per heavy atom. The first-order valence-electron chi connectivity index (χ1n) is 12.1. The van der Waals surface area contributed by atoms with Crippen LogP contribution in [0, 0.1) is 6.92 Å². The van der Waals surface area contributed by atoms with E-state index >= 15 is 0 Å². The van der Waals surface area contributed by atoms with Gasteiger partial charge < -0.3 is 20.5 Å². The number of rotatable bonds is 9. The van der Waals surface area contributed by atoms with Gasteiger partial charge >= 0.3 is 0 Å². The number of nitrogens with two attached hydrogens (primary N) is 1. The summed E-state index contributed by atoms with van der Waals surface area (Å²) in [6.07, 6.45) is 1.62. The summed E-state index contributed by atoms with van der Waals surface area (Å²) in [7, 11) is -1.86. The fourth-order valence-electron chi connectivity index (χ4n) is 4.12. The van der Waals surface area contributed by atoms with E-state index in [9.17, 15) is 8.42 Å². The van der Waals surface area contributed by atoms with Gasteiger partial charge in [-0.05, 0) is 66.1 Å². The molecule has 0 atom stereocenters. The van der Waals surface area contributed by atoms with Gasteiger partial charge in [-0.25, -0.2) is 23.5 Å². The van der Waals surface area contributed by atoms with E-state index in [-0.39, 0.29) is 17.3 Å². The lowest BCUT2D eigenvalue weighted by atomic mass is 10.2. The van der Waals surface area contributed by atoms with Crippen molar-refractivity contribution in [1.82, 2.24) is 19.5 Å². The zero-order valence-corrected chi connectivity index (χ0v) is 24.1. The summed E-state index contributed by atoms with van der Waals surface area (Å²) < 4.78 is 25.7. The monoisotopic (exact) mass is 598 g/mol. The van der Waals surface area contributed by atoms with E-state index in [1.165, 1.54) is 6.07 Å². The molecule has 0 saturated heterocycles. The van der Waals surface area contributed by atoms with Crippen molar-refractivity contribution >= 4 is 68.5 Å². The third-order valence-electron chi connectivity index (χ3n) is 6.19. The molecule has 0 saturated carbocycles. The lowest BCUT2D eigenvalue weighted by Crippen LogP contribution is -2.14.